The molecule has 0 saturated carbocycles. The lowest BCUT2D eigenvalue weighted by atomic mass is 9.95. The third-order valence-corrected chi connectivity index (χ3v) is 4.02. The molecule has 0 unspecified atom stereocenters. The van der Waals surface area contributed by atoms with Gasteiger partial charge in [-0.3, -0.25) is 9.59 Å². The summed E-state index contributed by atoms with van der Waals surface area (Å²) in [6, 6.07) is 3.58. The minimum atomic E-state index is -0.0719. The molecule has 6 nitrogen and oxygen atoms in total. The summed E-state index contributed by atoms with van der Waals surface area (Å²) in [5.74, 6) is 0.517. The summed E-state index contributed by atoms with van der Waals surface area (Å²) in [7, 11) is 0. The van der Waals surface area contributed by atoms with Crippen molar-refractivity contribution in [1.29, 1.82) is 0 Å². The van der Waals surface area contributed by atoms with Crippen LogP contribution >= 0.6 is 40.7 Å². The Morgan fingerprint density at radius 3 is 2.48 bits per heavy atom. The second-order valence-electron chi connectivity index (χ2n) is 5.04. The number of pyridine rings is 1. The molecule has 1 aliphatic heterocycles. The normalized spacial score (nSPS) is 14.4. The Kier molecular flexibility index (Phi) is 10.4. The van der Waals surface area contributed by atoms with E-state index in [-0.39, 0.29) is 42.5 Å². The first-order chi connectivity index (χ1) is 10.1. The quantitative estimate of drug-likeness (QED) is 0.770. The van der Waals surface area contributed by atoms with Gasteiger partial charge in [-0.05, 0) is 40.9 Å². The van der Waals surface area contributed by atoms with Crippen LogP contribution in [0.25, 0.3) is 0 Å². The van der Waals surface area contributed by atoms with Crippen LogP contribution in [-0.2, 0) is 9.59 Å². The summed E-state index contributed by atoms with van der Waals surface area (Å²) in [4.78, 5) is 29.8. The van der Waals surface area contributed by atoms with Crippen molar-refractivity contribution >= 4 is 58.4 Å². The van der Waals surface area contributed by atoms with Gasteiger partial charge in [0.15, 0.2) is 0 Å². The predicted octanol–water partition coefficient (Wildman–Crippen LogP) is 2.21. The van der Waals surface area contributed by atoms with Crippen molar-refractivity contribution in [3.8, 4) is 0 Å². The predicted molar refractivity (Wildman–Crippen MR) is 98.0 cm³/mol. The van der Waals surface area contributed by atoms with E-state index in [9.17, 15) is 9.59 Å². The summed E-state index contributed by atoms with van der Waals surface area (Å²) >= 11 is 3.30. The smallest absolute Gasteiger partial charge is 0.228 e. The molecule has 0 aromatic carbocycles. The van der Waals surface area contributed by atoms with Gasteiger partial charge in [-0.25, -0.2) is 4.98 Å². The van der Waals surface area contributed by atoms with E-state index in [1.165, 1.54) is 0 Å². The molecule has 23 heavy (non-hydrogen) atoms. The number of amides is 2. The zero-order chi connectivity index (χ0) is 15.2. The van der Waals surface area contributed by atoms with E-state index in [0.717, 1.165) is 4.47 Å². The molecule has 0 atom stereocenters. The van der Waals surface area contributed by atoms with Crippen molar-refractivity contribution in [2.45, 2.75) is 19.3 Å². The van der Waals surface area contributed by atoms with E-state index < -0.39 is 0 Å². The van der Waals surface area contributed by atoms with Crippen molar-refractivity contribution in [3.63, 3.8) is 0 Å². The third kappa shape index (κ3) is 6.63. The Balaban J connectivity index is 0.00000242. The molecule has 9 heteroatoms. The number of nitrogens with zero attached hydrogens (tertiary/aromatic N) is 2. The maximum atomic E-state index is 12.2. The summed E-state index contributed by atoms with van der Waals surface area (Å²) in [5, 5.41) is 2.81. The highest BCUT2D eigenvalue weighted by Gasteiger charge is 2.27. The topological polar surface area (TPSA) is 88.3 Å². The van der Waals surface area contributed by atoms with Gasteiger partial charge in [0.1, 0.15) is 5.82 Å². The van der Waals surface area contributed by atoms with Gasteiger partial charge in [0.05, 0.1) is 0 Å². The monoisotopic (exact) mass is 426 g/mol. The van der Waals surface area contributed by atoms with Crippen LogP contribution in [0.4, 0.5) is 5.82 Å². The van der Waals surface area contributed by atoms with Crippen LogP contribution < -0.4 is 11.1 Å². The number of rotatable bonds is 4. The van der Waals surface area contributed by atoms with Crippen molar-refractivity contribution in [2.24, 2.45) is 11.7 Å². The molecule has 2 amide bonds. The zero-order valence-corrected chi connectivity index (χ0v) is 15.8. The van der Waals surface area contributed by atoms with Crippen LogP contribution in [0.1, 0.15) is 19.3 Å². The van der Waals surface area contributed by atoms with E-state index in [2.05, 4.69) is 26.2 Å². The first-order valence-corrected chi connectivity index (χ1v) is 7.79. The number of aromatic nitrogens is 1. The fraction of sp³-hybridized carbons (Fsp3) is 0.500. The summed E-state index contributed by atoms with van der Waals surface area (Å²) in [6.07, 6.45) is 3.38. The molecule has 2 rings (SSSR count). The Morgan fingerprint density at radius 2 is 1.96 bits per heavy atom. The van der Waals surface area contributed by atoms with E-state index in [4.69, 9.17) is 5.73 Å². The Morgan fingerprint density at radius 1 is 1.30 bits per heavy atom. The summed E-state index contributed by atoms with van der Waals surface area (Å²) in [6.45, 7) is 1.60. The van der Waals surface area contributed by atoms with Crippen molar-refractivity contribution in [3.05, 3.63) is 22.8 Å². The molecule has 1 aromatic rings. The molecule has 1 aliphatic rings. The average molecular weight is 428 g/mol. The Labute approximate surface area is 156 Å². The molecule has 0 spiro atoms. The Hall–Kier alpha value is -0.890. The first-order valence-electron chi connectivity index (χ1n) is 7.00. The van der Waals surface area contributed by atoms with Crippen molar-refractivity contribution in [1.82, 2.24) is 9.88 Å². The first kappa shape index (κ1) is 22.1. The maximum absolute atomic E-state index is 12.2. The third-order valence-electron chi connectivity index (χ3n) is 3.56. The summed E-state index contributed by atoms with van der Waals surface area (Å²) < 4.78 is 0.868. The minimum absolute atomic E-state index is 0. The second kappa shape index (κ2) is 10.8. The molecule has 0 aliphatic carbocycles. The van der Waals surface area contributed by atoms with Gasteiger partial charge in [-0.1, -0.05) is 0 Å². The van der Waals surface area contributed by atoms with Crippen molar-refractivity contribution < 1.29 is 9.59 Å². The molecule has 1 aromatic heterocycles. The highest BCUT2D eigenvalue weighted by atomic mass is 79.9. The number of likely N-dealkylation sites (tertiary alicyclic amines) is 1. The molecule has 0 radical (unpaired) electrons. The number of piperidine rings is 1. The maximum Gasteiger partial charge on any atom is 0.228 e. The van der Waals surface area contributed by atoms with Crippen LogP contribution in [0.15, 0.2) is 22.8 Å². The molecule has 0 bridgehead atoms. The molecular weight excluding hydrogens is 407 g/mol. The number of carbonyl (C=O) groups is 2. The highest BCUT2D eigenvalue weighted by Crippen LogP contribution is 2.20. The molecule has 130 valence electrons. The van der Waals surface area contributed by atoms with E-state index >= 15 is 0 Å². The molecule has 1 saturated heterocycles. The SMILES string of the molecule is Cl.Cl.NCCC(=O)N1CCC(C(=O)Nc2ccc(Br)cn2)CC1. The van der Waals surface area contributed by atoms with Gasteiger partial charge in [0.2, 0.25) is 11.8 Å². The van der Waals surface area contributed by atoms with Crippen molar-refractivity contribution in [2.75, 3.05) is 25.0 Å². The largest absolute Gasteiger partial charge is 0.343 e. The fourth-order valence-electron chi connectivity index (χ4n) is 2.35. The zero-order valence-electron chi connectivity index (χ0n) is 12.5. The number of anilines is 1. The number of hydrogen-bond donors (Lipinski definition) is 2. The number of hydrogen-bond acceptors (Lipinski definition) is 4. The van der Waals surface area contributed by atoms with Gasteiger partial charge in [-0.15, -0.1) is 24.8 Å². The van der Waals surface area contributed by atoms with Gasteiger partial charge in [0.25, 0.3) is 0 Å². The fourth-order valence-corrected chi connectivity index (χ4v) is 2.59. The van der Waals surface area contributed by atoms with Gasteiger partial charge in [-0.2, -0.15) is 0 Å². The summed E-state index contributed by atoms with van der Waals surface area (Å²) in [5.41, 5.74) is 5.39. The highest BCUT2D eigenvalue weighted by molar-refractivity contribution is 9.10. The number of nitrogens with two attached hydrogens (primary N) is 1. The van der Waals surface area contributed by atoms with Gasteiger partial charge >= 0.3 is 0 Å². The molecular formula is C14H21BrCl2N4O2. The van der Waals surface area contributed by atoms with Gasteiger partial charge < -0.3 is 16.0 Å². The minimum Gasteiger partial charge on any atom is -0.343 e. The molecule has 1 fully saturated rings. The average Bonchev–Trinajstić information content (AvgIpc) is 2.50. The second-order valence-corrected chi connectivity index (χ2v) is 5.96. The number of halogens is 3. The van der Waals surface area contributed by atoms with Crippen LogP contribution in [0.2, 0.25) is 0 Å². The molecule has 2 heterocycles. The Bertz CT molecular complexity index is 508. The van der Waals surface area contributed by atoms with E-state index in [0.29, 0.717) is 44.7 Å². The lowest BCUT2D eigenvalue weighted by Gasteiger charge is -2.31. The van der Waals surface area contributed by atoms with E-state index in [1.807, 2.05) is 6.07 Å². The molecule has 3 N–H and O–H groups in total. The van der Waals surface area contributed by atoms with Crippen LogP contribution in [-0.4, -0.2) is 41.3 Å². The number of nitrogens with one attached hydrogen (secondary N) is 1. The van der Waals surface area contributed by atoms with Gasteiger partial charge in [0, 0.05) is 42.6 Å². The van der Waals surface area contributed by atoms with Crippen LogP contribution in [0.5, 0.6) is 0 Å². The van der Waals surface area contributed by atoms with E-state index in [1.54, 1.807) is 17.2 Å². The standard InChI is InChI=1S/C14H19BrN4O2.2ClH/c15-11-1-2-12(17-9-11)18-14(21)10-4-7-19(8-5-10)13(20)3-6-16;;/h1-2,9-10H,3-8,16H2,(H,17,18,21);2*1H. The number of carbonyl (C=O) groups excluding carboxylic acids is 2. The van der Waals surface area contributed by atoms with Crippen LogP contribution in [0.3, 0.4) is 0 Å². The van der Waals surface area contributed by atoms with Crippen LogP contribution in [0, 0.1) is 5.92 Å². The lowest BCUT2D eigenvalue weighted by molar-refractivity contribution is -0.134. The lowest BCUT2D eigenvalue weighted by Crippen LogP contribution is -2.42.